The van der Waals surface area contributed by atoms with E-state index in [9.17, 15) is 32.9 Å². The number of H-pyrrole nitrogens is 2. The molecule has 0 aliphatic rings. The van der Waals surface area contributed by atoms with Crippen molar-refractivity contribution >= 4 is 88.9 Å². The maximum atomic E-state index is 14.6. The molecule has 4 aromatic carbocycles. The monoisotopic (exact) mass is 1870 g/mol. The Kier molecular flexibility index (Phi) is 31.9. The van der Waals surface area contributed by atoms with Crippen molar-refractivity contribution in [2.75, 3.05) is 25.3 Å². The minimum Gasteiger partial charge on any atom is -0.414 e. The van der Waals surface area contributed by atoms with E-state index >= 15 is 0 Å². The highest BCUT2D eigenvalue weighted by atomic mass is 35.5. The predicted octanol–water partition coefficient (Wildman–Crippen LogP) is 13.1. The fourth-order valence-electron chi connectivity index (χ4n) is 13.0. The fourth-order valence-corrected chi connectivity index (χ4v) is 14.9. The number of halogens is 2. The SMILES string of the molecule is C.COC(OC)c1nc(-c2ccc3ncnn3c2)c(-c2ccn(C)n2)[nH]1.Cn1ccc(-c2[nH]c(C=O)nc2-c2ccc3ncnn3c2)n1.Cn1ccc(C(=O)C(=O)c2ccc3ncnn3c2)n1.Cn1ccc(C=O)n1.Cn1ccc(CC(=O)c2ccc3ncnn3c2)n1.NCl.Nc1ccccc1F.O=P(Oc1ccccc1)(Oc1ccccc1)C(Nc1ccccc1)c1ccc2ncnn2c1. The minimum absolute atomic E-state index is 0. The van der Waals surface area contributed by atoms with E-state index in [0.717, 1.165) is 68.5 Å². The number of anilines is 2. The van der Waals surface area contributed by atoms with E-state index in [4.69, 9.17) is 24.3 Å². The second-order valence-electron chi connectivity index (χ2n) is 28.7. The maximum Gasteiger partial charge on any atom is 0.457 e. The summed E-state index contributed by atoms with van der Waals surface area (Å²) in [7, 11) is 8.23. The number of fused-ring (bicyclic) bond motifs is 5. The smallest absolute Gasteiger partial charge is 0.414 e. The van der Waals surface area contributed by atoms with Crippen LogP contribution in [-0.2, 0) is 55.7 Å². The number of carbonyl (C=O) groups excluding carboxylic acids is 5. The van der Waals surface area contributed by atoms with Gasteiger partial charge in [-0.3, -0.25) is 47.4 Å². The Hall–Kier alpha value is -17.7. The van der Waals surface area contributed by atoms with Crippen molar-refractivity contribution in [2.45, 2.75) is 25.9 Å². The van der Waals surface area contributed by atoms with E-state index in [1.807, 2.05) is 173 Å². The van der Waals surface area contributed by atoms with Crippen LogP contribution in [0.5, 0.6) is 11.5 Å². The number of aryl methyl sites for hydroxylation is 5. The summed E-state index contributed by atoms with van der Waals surface area (Å²) in [6, 6.07) is 60.5. The van der Waals surface area contributed by atoms with E-state index in [-0.39, 0.29) is 41.8 Å². The highest BCUT2D eigenvalue weighted by Gasteiger charge is 2.42. The summed E-state index contributed by atoms with van der Waals surface area (Å²) < 4.78 is 65.8. The molecule has 21 rings (SSSR count). The standard InChI is InChI=1S/C25H21N4O3P.C16H17N7O2.C14H11N7O.C12H9N5O2.C12H11N5O.C6H6FN.C5H6N2O.CH4.ClH2N/c30-33(31-22-12-6-2-7-13-22,32-23-14-8-3-9-15-23)25(28-21-10-4-1-5-11-21)20-16-17-24-26-19-27-29(24)18-20;1-22-7-6-11(21-22)14-13(19-15(20-14)16(24-2)25-3)10-4-5-12-17-9-18-23(12)8-10;1-20-5-4-10(19-20)14-13(17-11(7-22)18-14)9-2-3-12-15-8-16-21(12)6-9;1-16-5-4-9(15-16)12(19)11(18)8-2-3-10-13-7-14-17(10)6-8;1-16-5-4-10(15-16)6-11(18)9-2-3-12-13-8-14-17(12)7-9;7-5-3-1-2-4-6(5)8;1-7-3-2-5(4-8)6-7;;1-2/h1-19,25,28H;4-9,16H,1-3H3,(H,19,20);2-8H,1H3,(H,17,18);2-7H,1H3;2-5,7-8H,6H2,1H3;1-4H,8H2;2-4H,1H3;1H4;2H2. The quantitative estimate of drug-likeness (QED) is 0.00755. The number of aromatic amines is 2. The van der Waals surface area contributed by atoms with Crippen molar-refractivity contribution in [2.24, 2.45) is 40.5 Å². The highest BCUT2D eigenvalue weighted by Crippen LogP contribution is 2.60. The maximum absolute atomic E-state index is 14.6. The molecule has 0 aliphatic heterocycles. The van der Waals surface area contributed by atoms with Crippen LogP contribution >= 0.6 is 19.4 Å². The zero-order valence-electron chi connectivity index (χ0n) is 72.8. The van der Waals surface area contributed by atoms with Gasteiger partial charge in [0.05, 0.1) is 34.9 Å². The average molecular weight is 1870 g/mol. The molecule has 0 radical (unpaired) electrons. The molecule has 0 saturated carbocycles. The molecule has 42 nitrogen and oxygen atoms in total. The summed E-state index contributed by atoms with van der Waals surface area (Å²) >= 11 is 4.14. The lowest BCUT2D eigenvalue weighted by Gasteiger charge is -2.29. The number of nitrogens with two attached hydrogens (primary N) is 2. The number of aromatic nitrogens is 29. The number of aldehydes is 2. The summed E-state index contributed by atoms with van der Waals surface area (Å²) in [4.78, 5) is 92.9. The van der Waals surface area contributed by atoms with E-state index in [1.165, 1.54) is 65.2 Å². The van der Waals surface area contributed by atoms with Crippen molar-refractivity contribution in [1.82, 2.24) is 142 Å². The van der Waals surface area contributed by atoms with Gasteiger partial charge in [-0.05, 0) is 145 Å². The van der Waals surface area contributed by atoms with Crippen LogP contribution in [0.4, 0.5) is 15.8 Å². The molecule has 0 saturated heterocycles. The van der Waals surface area contributed by atoms with Crippen LogP contribution in [0.1, 0.15) is 88.9 Å². The number of rotatable bonds is 23. The number of ether oxygens (including phenoxy) is 2. The van der Waals surface area contributed by atoms with Crippen LogP contribution < -0.4 is 25.4 Å². The number of imidazole rings is 2. The number of ketones is 3. The van der Waals surface area contributed by atoms with E-state index < -0.39 is 31.2 Å². The summed E-state index contributed by atoms with van der Waals surface area (Å²) in [5.41, 5.74) is 18.6. The molecule has 7 N–H and O–H groups in total. The molecule has 0 fully saturated rings. The van der Waals surface area contributed by atoms with Gasteiger partial charge in [0.1, 0.15) is 77.4 Å². The largest absolute Gasteiger partial charge is 0.457 e. The summed E-state index contributed by atoms with van der Waals surface area (Å²) in [6.07, 6.45) is 25.9. The molecular formula is C91H87ClFN32O10P. The van der Waals surface area contributed by atoms with Gasteiger partial charge in [0.15, 0.2) is 64.0 Å². The third-order valence-corrected chi connectivity index (χ3v) is 21.3. The van der Waals surface area contributed by atoms with Gasteiger partial charge in [-0.2, -0.15) is 51.0 Å². The molecule has 21 aromatic rings. The Morgan fingerprint density at radius 1 is 0.471 bits per heavy atom. The minimum atomic E-state index is -3.89. The first-order valence-electron chi connectivity index (χ1n) is 40.5. The van der Waals surface area contributed by atoms with Gasteiger partial charge in [0.2, 0.25) is 12.1 Å². The molecule has 690 valence electrons. The van der Waals surface area contributed by atoms with Crippen LogP contribution in [0.15, 0.2) is 300 Å². The molecule has 1 atom stereocenters. The molecule has 17 aromatic heterocycles. The number of nitrogens with zero attached hydrogens (tertiary/aromatic N) is 27. The number of methoxy groups -OCH3 is 2. The van der Waals surface area contributed by atoms with Crippen molar-refractivity contribution in [3.63, 3.8) is 0 Å². The Morgan fingerprint density at radius 3 is 1.37 bits per heavy atom. The molecule has 0 bridgehead atoms. The molecule has 0 amide bonds. The number of para-hydroxylation sites is 4. The molecule has 0 aliphatic carbocycles. The van der Waals surface area contributed by atoms with Gasteiger partial charge in [-0.25, -0.2) is 71.7 Å². The number of pyridine rings is 5. The number of Topliss-reactive ketones (excluding diaryl/α,β-unsaturated/α-hetero) is 3. The summed E-state index contributed by atoms with van der Waals surface area (Å²) in [6.45, 7) is 0. The number of hydrogen-bond donors (Lipinski definition) is 5. The van der Waals surface area contributed by atoms with Crippen LogP contribution in [0, 0.1) is 5.82 Å². The Labute approximate surface area is 777 Å². The molecule has 17 heterocycles. The fraction of sp³-hybridized carbons (Fsp3) is 0.121. The van der Waals surface area contributed by atoms with E-state index in [2.05, 4.69) is 118 Å². The first-order chi connectivity index (χ1) is 65.6. The zero-order valence-corrected chi connectivity index (χ0v) is 74.5. The van der Waals surface area contributed by atoms with Crippen LogP contribution in [0.25, 0.3) is 73.5 Å². The Bertz CT molecular complexity index is 7540. The third kappa shape index (κ3) is 24.1. The van der Waals surface area contributed by atoms with Crippen LogP contribution in [0.3, 0.4) is 0 Å². The first kappa shape index (κ1) is 95.9. The Balaban J connectivity index is 0.000000139. The molecule has 0 spiro atoms. The van der Waals surface area contributed by atoms with Gasteiger partial charge in [0, 0.05) is 145 Å². The van der Waals surface area contributed by atoms with E-state index in [0.29, 0.717) is 69.5 Å². The first-order valence-corrected chi connectivity index (χ1v) is 42.5. The number of benzene rings is 4. The molecule has 136 heavy (non-hydrogen) atoms. The summed E-state index contributed by atoms with van der Waals surface area (Å²) in [5, 5.41) is 48.5. The lowest BCUT2D eigenvalue weighted by Crippen LogP contribution is -2.18. The number of carbonyl (C=O) groups is 5. The van der Waals surface area contributed by atoms with Gasteiger partial charge in [0.25, 0.3) is 5.78 Å². The second-order valence-corrected chi connectivity index (χ2v) is 30.7. The normalized spacial score (nSPS) is 11.0. The van der Waals surface area contributed by atoms with Crippen LogP contribution in [-0.4, -0.2) is 186 Å². The Morgan fingerprint density at radius 2 is 0.912 bits per heavy atom. The number of hydrogen-bond acceptors (Lipinski definition) is 30. The lowest BCUT2D eigenvalue weighted by molar-refractivity contribution is -0.111. The van der Waals surface area contributed by atoms with Crippen molar-refractivity contribution in [3.8, 4) is 56.8 Å². The number of nitrogens with one attached hydrogen (secondary N) is 3. The van der Waals surface area contributed by atoms with Gasteiger partial charge in [-0.15, -0.1) is 0 Å². The van der Waals surface area contributed by atoms with Crippen molar-refractivity contribution in [3.05, 3.63) is 351 Å². The van der Waals surface area contributed by atoms with Gasteiger partial charge < -0.3 is 39.5 Å². The average Bonchev–Trinajstić information content (AvgIpc) is 1.42. The molecular weight excluding hydrogens is 1790 g/mol. The highest BCUT2D eigenvalue weighted by molar-refractivity contribution is 7.55. The molecule has 1 unspecified atom stereocenters. The molecule has 45 heteroatoms. The zero-order chi connectivity index (χ0) is 94.9. The predicted molar refractivity (Wildman–Crippen MR) is 500 cm³/mol. The van der Waals surface area contributed by atoms with Crippen molar-refractivity contribution < 1.29 is 51.4 Å². The lowest BCUT2D eigenvalue weighted by atomic mass is 10.1. The number of nitrogen functional groups attached to an aromatic ring is 1. The topological polar surface area (TPSA) is 501 Å². The van der Waals surface area contributed by atoms with Crippen LogP contribution in [0.2, 0.25) is 0 Å². The van der Waals surface area contributed by atoms with Gasteiger partial charge in [-0.1, -0.05) is 80.2 Å². The van der Waals surface area contributed by atoms with Crippen molar-refractivity contribution in [1.29, 1.82) is 0 Å². The van der Waals surface area contributed by atoms with Gasteiger partial charge >= 0.3 is 7.60 Å². The second kappa shape index (κ2) is 45.2. The summed E-state index contributed by atoms with van der Waals surface area (Å²) in [5.74, 6) is -0.714. The van der Waals surface area contributed by atoms with E-state index in [1.54, 1.807) is 157 Å². The third-order valence-electron chi connectivity index (χ3n) is 19.4.